The first-order valence-corrected chi connectivity index (χ1v) is 6.43. The van der Waals surface area contributed by atoms with Crippen molar-refractivity contribution in [2.75, 3.05) is 5.32 Å². The second kappa shape index (κ2) is 5.29. The lowest BCUT2D eigenvalue weighted by atomic mass is 10.3. The van der Waals surface area contributed by atoms with Crippen LogP contribution in [0.3, 0.4) is 0 Å². The Bertz CT molecular complexity index is 516. The van der Waals surface area contributed by atoms with E-state index in [4.69, 9.17) is 11.6 Å². The molecule has 88 valence electrons. The summed E-state index contributed by atoms with van der Waals surface area (Å²) in [5.74, 6) is -0.537. The van der Waals surface area contributed by atoms with Crippen LogP contribution < -0.4 is 5.32 Å². The van der Waals surface area contributed by atoms with Crippen molar-refractivity contribution in [1.29, 1.82) is 0 Å². The Kier molecular flexibility index (Phi) is 3.96. The third-order valence-corrected chi connectivity index (χ3v) is 3.26. The maximum Gasteiger partial charge on any atom is 0.224 e. The Hall–Kier alpha value is -0.720. The zero-order valence-corrected chi connectivity index (χ0v) is 12.1. The zero-order chi connectivity index (χ0) is 12.4. The molecular formula is C10H5Br2ClFN3. The SMILES string of the molecule is Fc1cnc(Cl)nc1Nc1cc(Br)ccc1Br. The fourth-order valence-electron chi connectivity index (χ4n) is 1.15. The molecule has 0 spiro atoms. The summed E-state index contributed by atoms with van der Waals surface area (Å²) in [6.07, 6.45) is 1.02. The van der Waals surface area contributed by atoms with E-state index in [1.165, 1.54) is 0 Å². The van der Waals surface area contributed by atoms with Gasteiger partial charge in [0, 0.05) is 8.95 Å². The molecule has 0 unspecified atom stereocenters. The van der Waals surface area contributed by atoms with Crippen LogP contribution in [0.5, 0.6) is 0 Å². The molecule has 17 heavy (non-hydrogen) atoms. The van der Waals surface area contributed by atoms with Crippen molar-refractivity contribution in [1.82, 2.24) is 9.97 Å². The van der Waals surface area contributed by atoms with Crippen LogP contribution in [0, 0.1) is 5.82 Å². The minimum absolute atomic E-state index is 0.0139. The molecule has 0 fully saturated rings. The summed E-state index contributed by atoms with van der Waals surface area (Å²) in [5, 5.41) is 2.82. The zero-order valence-electron chi connectivity index (χ0n) is 8.22. The third-order valence-electron chi connectivity index (χ3n) is 1.90. The Balaban J connectivity index is 2.37. The van der Waals surface area contributed by atoms with E-state index in [0.29, 0.717) is 5.69 Å². The number of aromatic nitrogens is 2. The Morgan fingerprint density at radius 3 is 2.82 bits per heavy atom. The summed E-state index contributed by atoms with van der Waals surface area (Å²) in [4.78, 5) is 7.31. The van der Waals surface area contributed by atoms with Gasteiger partial charge in [0.15, 0.2) is 11.6 Å². The van der Waals surface area contributed by atoms with E-state index >= 15 is 0 Å². The van der Waals surface area contributed by atoms with Gasteiger partial charge in [0.1, 0.15) is 0 Å². The molecule has 0 atom stereocenters. The topological polar surface area (TPSA) is 37.8 Å². The van der Waals surface area contributed by atoms with Crippen molar-refractivity contribution in [2.45, 2.75) is 0 Å². The van der Waals surface area contributed by atoms with E-state index in [9.17, 15) is 4.39 Å². The summed E-state index contributed by atoms with van der Waals surface area (Å²) >= 11 is 12.3. The van der Waals surface area contributed by atoms with Gasteiger partial charge in [-0.15, -0.1) is 0 Å². The number of benzene rings is 1. The van der Waals surface area contributed by atoms with Crippen molar-refractivity contribution in [3.63, 3.8) is 0 Å². The average molecular weight is 381 g/mol. The monoisotopic (exact) mass is 379 g/mol. The van der Waals surface area contributed by atoms with Crippen LogP contribution in [-0.2, 0) is 0 Å². The minimum Gasteiger partial charge on any atom is -0.337 e. The van der Waals surface area contributed by atoms with Crippen molar-refractivity contribution in [2.24, 2.45) is 0 Å². The molecule has 1 N–H and O–H groups in total. The lowest BCUT2D eigenvalue weighted by Gasteiger charge is -2.08. The third kappa shape index (κ3) is 3.14. The van der Waals surface area contributed by atoms with E-state index < -0.39 is 5.82 Å². The minimum atomic E-state index is -0.568. The van der Waals surface area contributed by atoms with Gasteiger partial charge in [-0.1, -0.05) is 15.9 Å². The van der Waals surface area contributed by atoms with E-state index in [1.54, 1.807) is 6.07 Å². The van der Waals surface area contributed by atoms with Crippen molar-refractivity contribution >= 4 is 55.0 Å². The molecular weight excluding hydrogens is 376 g/mol. The molecule has 0 saturated carbocycles. The van der Waals surface area contributed by atoms with Gasteiger partial charge in [0.05, 0.1) is 11.9 Å². The largest absolute Gasteiger partial charge is 0.337 e. The summed E-state index contributed by atoms with van der Waals surface area (Å²) in [5.41, 5.74) is 0.674. The summed E-state index contributed by atoms with van der Waals surface area (Å²) in [6.45, 7) is 0. The van der Waals surface area contributed by atoms with Crippen LogP contribution in [0.15, 0.2) is 33.3 Å². The molecule has 2 aromatic rings. The van der Waals surface area contributed by atoms with E-state index in [1.807, 2.05) is 12.1 Å². The van der Waals surface area contributed by atoms with Crippen LogP contribution in [-0.4, -0.2) is 9.97 Å². The van der Waals surface area contributed by atoms with Crippen molar-refractivity contribution in [3.8, 4) is 0 Å². The molecule has 3 nitrogen and oxygen atoms in total. The number of rotatable bonds is 2. The second-order valence-corrected chi connectivity index (χ2v) is 5.19. The number of hydrogen-bond donors (Lipinski definition) is 1. The lowest BCUT2D eigenvalue weighted by molar-refractivity contribution is 0.619. The lowest BCUT2D eigenvalue weighted by Crippen LogP contribution is -1.99. The van der Waals surface area contributed by atoms with Gasteiger partial charge in [-0.2, -0.15) is 4.98 Å². The van der Waals surface area contributed by atoms with Gasteiger partial charge in [0.2, 0.25) is 5.28 Å². The number of halogens is 4. The first-order valence-electron chi connectivity index (χ1n) is 4.46. The predicted octanol–water partition coefficient (Wildman–Crippen LogP) is 4.54. The highest BCUT2D eigenvalue weighted by atomic mass is 79.9. The van der Waals surface area contributed by atoms with Gasteiger partial charge in [-0.3, -0.25) is 0 Å². The molecule has 0 amide bonds. The van der Waals surface area contributed by atoms with E-state index in [-0.39, 0.29) is 11.1 Å². The first-order chi connectivity index (χ1) is 8.06. The maximum atomic E-state index is 13.4. The number of anilines is 2. The summed E-state index contributed by atoms with van der Waals surface area (Å²) in [6, 6.07) is 5.48. The summed E-state index contributed by atoms with van der Waals surface area (Å²) < 4.78 is 15.1. The highest BCUT2D eigenvalue weighted by Gasteiger charge is 2.08. The van der Waals surface area contributed by atoms with Crippen LogP contribution in [0.1, 0.15) is 0 Å². The fourth-order valence-corrected chi connectivity index (χ4v) is 1.99. The molecule has 0 radical (unpaired) electrons. The molecule has 0 aliphatic rings. The number of hydrogen-bond acceptors (Lipinski definition) is 3. The average Bonchev–Trinajstić information content (AvgIpc) is 2.28. The van der Waals surface area contributed by atoms with Crippen LogP contribution in [0.25, 0.3) is 0 Å². The van der Waals surface area contributed by atoms with E-state index in [2.05, 4.69) is 47.1 Å². The number of nitrogens with one attached hydrogen (secondary N) is 1. The Labute approximate surface area is 119 Å². The van der Waals surface area contributed by atoms with Crippen LogP contribution in [0.2, 0.25) is 5.28 Å². The molecule has 1 aromatic carbocycles. The standard InChI is InChI=1S/C10H5Br2ClFN3/c11-5-1-2-6(12)8(3-5)16-9-7(14)4-15-10(13)17-9/h1-4H,(H,15,16,17). The molecule has 0 saturated heterocycles. The molecule has 1 aromatic heterocycles. The number of nitrogens with zero attached hydrogens (tertiary/aromatic N) is 2. The van der Waals surface area contributed by atoms with E-state index in [0.717, 1.165) is 15.1 Å². The van der Waals surface area contributed by atoms with Gasteiger partial charge >= 0.3 is 0 Å². The predicted molar refractivity (Wildman–Crippen MR) is 72.1 cm³/mol. The van der Waals surface area contributed by atoms with Crippen molar-refractivity contribution < 1.29 is 4.39 Å². The maximum absolute atomic E-state index is 13.4. The quantitative estimate of drug-likeness (QED) is 0.777. The molecule has 0 aliphatic heterocycles. The molecule has 7 heteroatoms. The highest BCUT2D eigenvalue weighted by molar-refractivity contribution is 9.11. The molecule has 0 aliphatic carbocycles. The van der Waals surface area contributed by atoms with Gasteiger partial charge < -0.3 is 5.32 Å². The molecule has 0 bridgehead atoms. The van der Waals surface area contributed by atoms with Crippen LogP contribution in [0.4, 0.5) is 15.9 Å². The second-order valence-electron chi connectivity index (χ2n) is 3.08. The normalized spacial score (nSPS) is 10.4. The Morgan fingerprint density at radius 2 is 2.06 bits per heavy atom. The van der Waals surface area contributed by atoms with Gasteiger partial charge in [-0.25, -0.2) is 9.37 Å². The first kappa shape index (κ1) is 12.7. The van der Waals surface area contributed by atoms with Gasteiger partial charge in [-0.05, 0) is 45.7 Å². The summed E-state index contributed by atoms with van der Waals surface area (Å²) in [7, 11) is 0. The van der Waals surface area contributed by atoms with Crippen molar-refractivity contribution in [3.05, 3.63) is 44.4 Å². The molecule has 1 heterocycles. The van der Waals surface area contributed by atoms with Gasteiger partial charge in [0.25, 0.3) is 0 Å². The molecule has 2 rings (SSSR count). The smallest absolute Gasteiger partial charge is 0.224 e. The highest BCUT2D eigenvalue weighted by Crippen LogP contribution is 2.29. The van der Waals surface area contributed by atoms with Crippen LogP contribution >= 0.6 is 43.5 Å². The fraction of sp³-hybridized carbons (Fsp3) is 0. The Morgan fingerprint density at radius 1 is 1.29 bits per heavy atom.